The molecule has 1 aromatic heterocycles. The molecule has 0 saturated heterocycles. The summed E-state index contributed by atoms with van der Waals surface area (Å²) in [5.74, 6) is 0.158. The average Bonchev–Trinajstić information content (AvgIpc) is 2.64. The van der Waals surface area contributed by atoms with Gasteiger partial charge in [0.25, 0.3) is 0 Å². The molecule has 0 bridgehead atoms. The number of nitrogens with one attached hydrogen (secondary N) is 1. The molecule has 17 heavy (non-hydrogen) atoms. The number of nitrogens with zero attached hydrogens (tertiary/aromatic N) is 1. The zero-order valence-corrected chi connectivity index (χ0v) is 9.04. The van der Waals surface area contributed by atoms with Crippen LogP contribution in [-0.2, 0) is 6.18 Å². The molecule has 3 nitrogen and oxygen atoms in total. The molecule has 0 unspecified atom stereocenters. The van der Waals surface area contributed by atoms with Crippen LogP contribution in [0.25, 0.3) is 0 Å². The van der Waals surface area contributed by atoms with Crippen molar-refractivity contribution < 1.29 is 18.3 Å². The van der Waals surface area contributed by atoms with Gasteiger partial charge in [-0.2, -0.15) is 13.2 Å². The number of hydrogen-bond acceptors (Lipinski definition) is 3. The van der Waals surface area contributed by atoms with Crippen molar-refractivity contribution in [1.82, 2.24) is 4.98 Å². The quantitative estimate of drug-likeness (QED) is 0.842. The second kappa shape index (κ2) is 4.52. The Morgan fingerprint density at radius 1 is 1.29 bits per heavy atom. The normalized spacial score (nSPS) is 24.9. The number of pyridine rings is 1. The second-order valence-electron chi connectivity index (χ2n) is 4.15. The Balaban J connectivity index is 2.11. The van der Waals surface area contributed by atoms with E-state index in [0.29, 0.717) is 6.42 Å². The number of rotatable bonds is 2. The van der Waals surface area contributed by atoms with Crippen LogP contribution in [-0.4, -0.2) is 22.2 Å². The third-order valence-electron chi connectivity index (χ3n) is 2.85. The molecule has 1 aromatic rings. The Bertz CT molecular complexity index is 395. The Labute approximate surface area is 96.7 Å². The van der Waals surface area contributed by atoms with Crippen molar-refractivity contribution in [3.63, 3.8) is 0 Å². The Kier molecular flexibility index (Phi) is 3.24. The summed E-state index contributed by atoms with van der Waals surface area (Å²) in [5, 5.41) is 12.4. The Morgan fingerprint density at radius 2 is 2.06 bits per heavy atom. The van der Waals surface area contributed by atoms with Crippen LogP contribution >= 0.6 is 0 Å². The zero-order valence-electron chi connectivity index (χ0n) is 9.04. The maximum Gasteiger partial charge on any atom is 0.433 e. The van der Waals surface area contributed by atoms with Gasteiger partial charge in [0.1, 0.15) is 11.5 Å². The van der Waals surface area contributed by atoms with Crippen LogP contribution in [0.3, 0.4) is 0 Å². The van der Waals surface area contributed by atoms with Crippen molar-refractivity contribution in [1.29, 1.82) is 0 Å². The first-order valence-corrected chi connectivity index (χ1v) is 5.45. The van der Waals surface area contributed by atoms with Gasteiger partial charge < -0.3 is 10.4 Å². The second-order valence-corrected chi connectivity index (χ2v) is 4.15. The lowest BCUT2D eigenvalue weighted by Gasteiger charge is -2.17. The van der Waals surface area contributed by atoms with Gasteiger partial charge in [0.05, 0.1) is 12.1 Å². The molecule has 94 valence electrons. The lowest BCUT2D eigenvalue weighted by atomic mass is 10.2. The summed E-state index contributed by atoms with van der Waals surface area (Å²) in [6.45, 7) is 0. The molecule has 6 heteroatoms. The summed E-state index contributed by atoms with van der Waals surface area (Å²) < 4.78 is 37.3. The fourth-order valence-electron chi connectivity index (χ4n) is 1.97. The Hall–Kier alpha value is -1.30. The van der Waals surface area contributed by atoms with E-state index in [1.165, 1.54) is 12.1 Å². The highest BCUT2D eigenvalue weighted by Gasteiger charge is 2.33. The number of anilines is 1. The van der Waals surface area contributed by atoms with E-state index in [1.54, 1.807) is 0 Å². The molecule has 1 saturated carbocycles. The van der Waals surface area contributed by atoms with Gasteiger partial charge in [-0.3, -0.25) is 0 Å². The molecule has 1 aliphatic carbocycles. The van der Waals surface area contributed by atoms with Crippen molar-refractivity contribution in [3.05, 3.63) is 23.9 Å². The molecule has 1 aliphatic rings. The van der Waals surface area contributed by atoms with Crippen LogP contribution in [0.5, 0.6) is 0 Å². The summed E-state index contributed by atoms with van der Waals surface area (Å²) in [6, 6.07) is 3.50. The van der Waals surface area contributed by atoms with E-state index in [2.05, 4.69) is 10.3 Å². The van der Waals surface area contributed by atoms with E-state index in [9.17, 15) is 18.3 Å². The summed E-state index contributed by atoms with van der Waals surface area (Å²) in [7, 11) is 0. The molecule has 0 radical (unpaired) electrons. The van der Waals surface area contributed by atoms with Crippen LogP contribution in [0, 0.1) is 0 Å². The molecular weight excluding hydrogens is 233 g/mol. The van der Waals surface area contributed by atoms with Crippen molar-refractivity contribution in [3.8, 4) is 0 Å². The maximum absolute atomic E-state index is 12.4. The van der Waals surface area contributed by atoms with Gasteiger partial charge in [-0.15, -0.1) is 0 Å². The highest BCUT2D eigenvalue weighted by Crippen LogP contribution is 2.29. The molecule has 0 aromatic carbocycles. The largest absolute Gasteiger partial charge is 0.433 e. The van der Waals surface area contributed by atoms with Crippen LogP contribution < -0.4 is 5.32 Å². The smallest absolute Gasteiger partial charge is 0.391 e. The third kappa shape index (κ3) is 2.88. The average molecular weight is 246 g/mol. The van der Waals surface area contributed by atoms with Gasteiger partial charge in [0.2, 0.25) is 0 Å². The maximum atomic E-state index is 12.4. The number of aromatic nitrogens is 1. The minimum Gasteiger partial charge on any atom is -0.391 e. The molecule has 2 N–H and O–H groups in total. The van der Waals surface area contributed by atoms with Gasteiger partial charge in [0, 0.05) is 0 Å². The van der Waals surface area contributed by atoms with Crippen molar-refractivity contribution in [2.24, 2.45) is 0 Å². The lowest BCUT2D eigenvalue weighted by molar-refractivity contribution is -0.141. The van der Waals surface area contributed by atoms with Crippen molar-refractivity contribution in [2.45, 2.75) is 37.6 Å². The van der Waals surface area contributed by atoms with Gasteiger partial charge in [-0.25, -0.2) is 4.98 Å². The molecular formula is C11H13F3N2O. The van der Waals surface area contributed by atoms with Crippen LogP contribution in [0.4, 0.5) is 19.0 Å². The van der Waals surface area contributed by atoms with Crippen LogP contribution in [0.15, 0.2) is 18.2 Å². The van der Waals surface area contributed by atoms with Crippen molar-refractivity contribution in [2.75, 3.05) is 5.32 Å². The SMILES string of the molecule is O[C@@H]1CCC[C@@H]1Nc1cccc(C(F)(F)F)n1. The fourth-order valence-corrected chi connectivity index (χ4v) is 1.97. The van der Waals surface area contributed by atoms with Gasteiger partial charge in [0.15, 0.2) is 0 Å². The molecule has 0 amide bonds. The van der Waals surface area contributed by atoms with Crippen molar-refractivity contribution >= 4 is 5.82 Å². The van der Waals surface area contributed by atoms with E-state index < -0.39 is 18.0 Å². The zero-order chi connectivity index (χ0) is 12.5. The summed E-state index contributed by atoms with van der Waals surface area (Å²) in [6.07, 6.45) is -2.65. The van der Waals surface area contributed by atoms with Crippen LogP contribution in [0.2, 0.25) is 0 Å². The minimum absolute atomic E-state index is 0.158. The number of aliphatic hydroxyl groups is 1. The molecule has 0 spiro atoms. The number of alkyl halides is 3. The molecule has 0 aliphatic heterocycles. The number of halogens is 3. The Morgan fingerprint density at radius 3 is 2.65 bits per heavy atom. The first kappa shape index (κ1) is 12.2. The van der Waals surface area contributed by atoms with E-state index in [4.69, 9.17) is 0 Å². The summed E-state index contributed by atoms with van der Waals surface area (Å²) in [4.78, 5) is 3.49. The first-order valence-electron chi connectivity index (χ1n) is 5.45. The molecule has 2 atom stereocenters. The van der Waals surface area contributed by atoms with Gasteiger partial charge >= 0.3 is 6.18 Å². The summed E-state index contributed by atoms with van der Waals surface area (Å²) >= 11 is 0. The third-order valence-corrected chi connectivity index (χ3v) is 2.85. The predicted octanol–water partition coefficient (Wildman–Crippen LogP) is 2.43. The fraction of sp³-hybridized carbons (Fsp3) is 0.545. The molecule has 1 heterocycles. The predicted molar refractivity (Wildman–Crippen MR) is 56.5 cm³/mol. The van der Waals surface area contributed by atoms with E-state index in [0.717, 1.165) is 18.9 Å². The first-order chi connectivity index (χ1) is 7.97. The summed E-state index contributed by atoms with van der Waals surface area (Å²) in [5.41, 5.74) is -0.921. The molecule has 2 rings (SSSR count). The lowest BCUT2D eigenvalue weighted by Crippen LogP contribution is -2.28. The van der Waals surface area contributed by atoms with E-state index in [-0.39, 0.29) is 11.9 Å². The highest BCUT2D eigenvalue weighted by molar-refractivity contribution is 5.37. The van der Waals surface area contributed by atoms with E-state index in [1.807, 2.05) is 0 Å². The highest BCUT2D eigenvalue weighted by atomic mass is 19.4. The molecule has 1 fully saturated rings. The standard InChI is InChI=1S/C11H13F3N2O/c12-11(13,14)9-5-2-6-10(16-9)15-7-3-1-4-8(7)17/h2,5-8,17H,1,3-4H2,(H,15,16)/t7-,8+/m0/s1. The number of hydrogen-bond donors (Lipinski definition) is 2. The van der Waals surface area contributed by atoms with Gasteiger partial charge in [-0.05, 0) is 31.4 Å². The monoisotopic (exact) mass is 246 g/mol. The number of aliphatic hydroxyl groups excluding tert-OH is 1. The van der Waals surface area contributed by atoms with Gasteiger partial charge in [-0.1, -0.05) is 6.07 Å². The van der Waals surface area contributed by atoms with Crippen LogP contribution in [0.1, 0.15) is 25.0 Å². The topological polar surface area (TPSA) is 45.1 Å². The minimum atomic E-state index is -4.44. The van der Waals surface area contributed by atoms with E-state index >= 15 is 0 Å².